The van der Waals surface area contributed by atoms with Crippen LogP contribution in [0.25, 0.3) is 0 Å². The topological polar surface area (TPSA) is 26.3 Å². The quantitative estimate of drug-likeness (QED) is 0.381. The molecule has 0 aliphatic heterocycles. The maximum Gasteiger partial charge on any atom is 0.309 e. The number of carbonyl (C=O) groups excluding carboxylic acids is 1. The average molecular weight is 288 g/mol. The van der Waals surface area contributed by atoms with E-state index in [2.05, 4.69) is 60.3 Å². The maximum atomic E-state index is 10.8. The first-order valence-corrected chi connectivity index (χ1v) is 7.63. The van der Waals surface area contributed by atoms with E-state index in [1.54, 1.807) is 0 Å². The van der Waals surface area contributed by atoms with Crippen molar-refractivity contribution in [2.45, 2.75) is 45.4 Å². The molecule has 0 heterocycles. The highest BCUT2D eigenvalue weighted by Crippen LogP contribution is 1.96. The molecule has 0 aliphatic rings. The summed E-state index contributed by atoms with van der Waals surface area (Å²) < 4.78 is 4.54. The summed E-state index contributed by atoms with van der Waals surface area (Å²) in [6.07, 6.45) is 26.4. The Morgan fingerprint density at radius 1 is 0.714 bits per heavy atom. The van der Waals surface area contributed by atoms with Crippen LogP contribution in [0.15, 0.2) is 60.8 Å². The lowest BCUT2D eigenvalue weighted by molar-refractivity contribution is -0.139. The molecule has 0 amide bonds. The summed E-state index contributed by atoms with van der Waals surface area (Å²) in [7, 11) is 1.40. The Morgan fingerprint density at radius 3 is 1.48 bits per heavy atom. The van der Waals surface area contributed by atoms with E-state index >= 15 is 0 Å². The molecule has 0 aromatic carbocycles. The van der Waals surface area contributed by atoms with E-state index in [0.717, 1.165) is 32.1 Å². The van der Waals surface area contributed by atoms with Crippen molar-refractivity contribution in [3.05, 3.63) is 60.8 Å². The van der Waals surface area contributed by atoms with Gasteiger partial charge in [0, 0.05) is 0 Å². The molecule has 0 fully saturated rings. The average Bonchev–Trinajstić information content (AvgIpc) is 2.50. The van der Waals surface area contributed by atoms with Crippen molar-refractivity contribution in [1.82, 2.24) is 0 Å². The van der Waals surface area contributed by atoms with Crippen LogP contribution in [-0.4, -0.2) is 13.1 Å². The fourth-order valence-electron chi connectivity index (χ4n) is 1.51. The largest absolute Gasteiger partial charge is 0.469 e. The Hall–Kier alpha value is -1.83. The van der Waals surface area contributed by atoms with E-state index in [9.17, 15) is 4.79 Å². The summed E-state index contributed by atoms with van der Waals surface area (Å²) >= 11 is 0. The minimum absolute atomic E-state index is 0.198. The van der Waals surface area contributed by atoms with Crippen molar-refractivity contribution in [3.63, 3.8) is 0 Å². The van der Waals surface area contributed by atoms with Crippen LogP contribution in [0.1, 0.15) is 45.4 Å². The van der Waals surface area contributed by atoms with Crippen molar-refractivity contribution in [3.8, 4) is 0 Å². The lowest BCUT2D eigenvalue weighted by Crippen LogP contribution is -1.96. The summed E-state index contributed by atoms with van der Waals surface area (Å²) in [4.78, 5) is 10.8. The van der Waals surface area contributed by atoms with Gasteiger partial charge in [-0.2, -0.15) is 0 Å². The number of rotatable bonds is 11. The van der Waals surface area contributed by atoms with Gasteiger partial charge in [-0.1, -0.05) is 67.7 Å². The molecule has 0 aromatic heterocycles. The Morgan fingerprint density at radius 2 is 1.10 bits per heavy atom. The molecular weight excluding hydrogens is 260 g/mol. The Labute approximate surface area is 129 Å². The van der Waals surface area contributed by atoms with Gasteiger partial charge in [0.25, 0.3) is 0 Å². The fraction of sp³-hybridized carbons (Fsp3) is 0.421. The molecule has 0 saturated carbocycles. The second kappa shape index (κ2) is 16.2. The second-order valence-electron chi connectivity index (χ2n) is 4.49. The molecule has 0 aromatic rings. The first-order chi connectivity index (χ1) is 10.3. The zero-order valence-electron chi connectivity index (χ0n) is 13.3. The predicted molar refractivity (Wildman–Crippen MR) is 91.1 cm³/mol. The number of methoxy groups -OCH3 is 1. The molecule has 0 aliphatic carbocycles. The molecule has 2 nitrogen and oxygen atoms in total. The molecule has 0 rings (SSSR count). The van der Waals surface area contributed by atoms with Gasteiger partial charge in [-0.05, 0) is 32.1 Å². The number of hydrogen-bond acceptors (Lipinski definition) is 2. The van der Waals surface area contributed by atoms with Crippen molar-refractivity contribution in [2.24, 2.45) is 0 Å². The van der Waals surface area contributed by atoms with Gasteiger partial charge in [0.15, 0.2) is 0 Å². The third kappa shape index (κ3) is 16.1. The van der Waals surface area contributed by atoms with Crippen molar-refractivity contribution in [2.75, 3.05) is 7.11 Å². The van der Waals surface area contributed by atoms with Gasteiger partial charge in [-0.25, -0.2) is 0 Å². The van der Waals surface area contributed by atoms with E-state index in [0.29, 0.717) is 6.42 Å². The molecule has 0 atom stereocenters. The number of hydrogen-bond donors (Lipinski definition) is 0. The van der Waals surface area contributed by atoms with Crippen LogP contribution in [-0.2, 0) is 9.53 Å². The fourth-order valence-corrected chi connectivity index (χ4v) is 1.51. The Bertz CT molecular complexity index is 384. The highest BCUT2D eigenvalue weighted by Gasteiger charge is 1.92. The SMILES string of the molecule is CC/C=C\C/C=C\C/C=C\C/C=C\C/C=C\CC(=O)OC. The summed E-state index contributed by atoms with van der Waals surface area (Å²) in [5, 5.41) is 0. The van der Waals surface area contributed by atoms with Gasteiger partial charge in [0.05, 0.1) is 13.5 Å². The highest BCUT2D eigenvalue weighted by atomic mass is 16.5. The Balaban J connectivity index is 3.52. The summed E-state index contributed by atoms with van der Waals surface area (Å²) in [6, 6.07) is 0. The normalized spacial score (nSPS) is 12.7. The van der Waals surface area contributed by atoms with Gasteiger partial charge < -0.3 is 4.74 Å². The molecule has 116 valence electrons. The molecular formula is C19H28O2. The van der Waals surface area contributed by atoms with E-state index in [-0.39, 0.29) is 5.97 Å². The summed E-state index contributed by atoms with van der Waals surface area (Å²) in [6.45, 7) is 2.14. The monoisotopic (exact) mass is 288 g/mol. The first-order valence-electron chi connectivity index (χ1n) is 7.63. The Kier molecular flexibility index (Phi) is 14.8. The van der Waals surface area contributed by atoms with E-state index < -0.39 is 0 Å². The van der Waals surface area contributed by atoms with Gasteiger partial charge in [0.1, 0.15) is 0 Å². The molecule has 0 radical (unpaired) electrons. The van der Waals surface area contributed by atoms with Crippen LogP contribution >= 0.6 is 0 Å². The highest BCUT2D eigenvalue weighted by molar-refractivity contribution is 5.70. The van der Waals surface area contributed by atoms with Gasteiger partial charge in [0.2, 0.25) is 0 Å². The van der Waals surface area contributed by atoms with Crippen LogP contribution in [0, 0.1) is 0 Å². The first kappa shape index (κ1) is 19.2. The van der Waals surface area contributed by atoms with Crippen molar-refractivity contribution in [1.29, 1.82) is 0 Å². The van der Waals surface area contributed by atoms with Gasteiger partial charge in [-0.15, -0.1) is 0 Å². The molecule has 21 heavy (non-hydrogen) atoms. The van der Waals surface area contributed by atoms with E-state index in [4.69, 9.17) is 0 Å². The van der Waals surface area contributed by atoms with Crippen LogP contribution in [0.3, 0.4) is 0 Å². The number of ether oxygens (including phenoxy) is 1. The standard InChI is InChI=1S/C19H28O2/c1-3-4-5-6-7-8-9-10-11-12-13-14-15-16-17-18-19(20)21-2/h4-5,7-8,10-11,13-14,16-17H,3,6,9,12,15,18H2,1-2H3/b5-4-,8-7-,11-10-,14-13-,17-16-. The van der Waals surface area contributed by atoms with Crippen molar-refractivity contribution < 1.29 is 9.53 Å². The third-order valence-electron chi connectivity index (χ3n) is 2.67. The van der Waals surface area contributed by atoms with Gasteiger partial charge in [-0.3, -0.25) is 4.79 Å². The zero-order valence-corrected chi connectivity index (χ0v) is 13.3. The second-order valence-corrected chi connectivity index (χ2v) is 4.49. The molecule has 0 N–H and O–H groups in total. The number of esters is 1. The van der Waals surface area contributed by atoms with Crippen LogP contribution in [0.2, 0.25) is 0 Å². The maximum absolute atomic E-state index is 10.8. The predicted octanol–water partition coefficient (Wildman–Crippen LogP) is 5.30. The van der Waals surface area contributed by atoms with Crippen LogP contribution in [0.5, 0.6) is 0 Å². The van der Waals surface area contributed by atoms with E-state index in [1.165, 1.54) is 7.11 Å². The van der Waals surface area contributed by atoms with Crippen LogP contribution < -0.4 is 0 Å². The molecule has 0 spiro atoms. The zero-order chi connectivity index (χ0) is 15.6. The molecule has 0 bridgehead atoms. The lowest BCUT2D eigenvalue weighted by Gasteiger charge is -1.90. The number of carbonyl (C=O) groups is 1. The number of allylic oxidation sites excluding steroid dienone is 9. The van der Waals surface area contributed by atoms with Crippen LogP contribution in [0.4, 0.5) is 0 Å². The van der Waals surface area contributed by atoms with E-state index in [1.807, 2.05) is 12.2 Å². The van der Waals surface area contributed by atoms with Crippen molar-refractivity contribution >= 4 is 5.97 Å². The van der Waals surface area contributed by atoms with Gasteiger partial charge >= 0.3 is 5.97 Å². The lowest BCUT2D eigenvalue weighted by atomic mass is 10.2. The summed E-state index contributed by atoms with van der Waals surface area (Å²) in [5.74, 6) is -0.198. The molecule has 0 unspecified atom stereocenters. The summed E-state index contributed by atoms with van der Waals surface area (Å²) in [5.41, 5.74) is 0. The minimum atomic E-state index is -0.198. The minimum Gasteiger partial charge on any atom is -0.469 e. The third-order valence-corrected chi connectivity index (χ3v) is 2.67. The molecule has 2 heteroatoms. The smallest absolute Gasteiger partial charge is 0.309 e. The molecule has 0 saturated heterocycles.